The fraction of sp³-hybridized carbons (Fsp3) is 0.529. The van der Waals surface area contributed by atoms with Gasteiger partial charge < -0.3 is 25.4 Å². The maximum atomic E-state index is 11.8. The number of hydrogen-bond donors (Lipinski definition) is 3. The minimum atomic E-state index is -0.215. The number of rotatable bonds is 12. The van der Waals surface area contributed by atoms with Crippen LogP contribution in [0, 0.1) is 0 Å². The standard InChI is InChI=1S/C17H27N3O4/c1-3-14-5-4-6-15(11-14)20-17(22)13-24-10-9-23-12-16(21)19-8-7-18-2/h4-6,11,18H,3,7-10,12-13H2,1-2H3,(H,19,21)(H,20,22). The van der Waals surface area contributed by atoms with Gasteiger partial charge in [-0.3, -0.25) is 9.59 Å². The molecular formula is C17H27N3O4. The number of anilines is 1. The lowest BCUT2D eigenvalue weighted by Gasteiger charge is -2.08. The fourth-order valence-corrected chi connectivity index (χ4v) is 1.89. The summed E-state index contributed by atoms with van der Waals surface area (Å²) in [6.45, 7) is 3.80. The predicted molar refractivity (Wildman–Crippen MR) is 93.0 cm³/mol. The molecule has 0 atom stereocenters. The maximum Gasteiger partial charge on any atom is 0.250 e. The van der Waals surface area contributed by atoms with Gasteiger partial charge in [0.1, 0.15) is 13.2 Å². The molecule has 0 radical (unpaired) electrons. The van der Waals surface area contributed by atoms with Crippen LogP contribution in [-0.2, 0) is 25.5 Å². The summed E-state index contributed by atoms with van der Waals surface area (Å²) in [5, 5.41) is 8.41. The minimum Gasteiger partial charge on any atom is -0.369 e. The van der Waals surface area contributed by atoms with E-state index in [0.717, 1.165) is 17.7 Å². The number of hydrogen-bond acceptors (Lipinski definition) is 5. The van der Waals surface area contributed by atoms with Gasteiger partial charge in [-0.25, -0.2) is 0 Å². The molecule has 0 bridgehead atoms. The number of benzene rings is 1. The molecule has 1 aromatic carbocycles. The van der Waals surface area contributed by atoms with E-state index < -0.39 is 0 Å². The number of ether oxygens (including phenoxy) is 2. The van der Waals surface area contributed by atoms with E-state index in [1.807, 2.05) is 31.3 Å². The monoisotopic (exact) mass is 337 g/mol. The van der Waals surface area contributed by atoms with Gasteiger partial charge in [-0.2, -0.15) is 0 Å². The van der Waals surface area contributed by atoms with E-state index >= 15 is 0 Å². The Kier molecular flexibility index (Phi) is 10.4. The number of carbonyl (C=O) groups excluding carboxylic acids is 2. The van der Waals surface area contributed by atoms with E-state index in [2.05, 4.69) is 22.9 Å². The summed E-state index contributed by atoms with van der Waals surface area (Å²) in [6.07, 6.45) is 0.917. The number of nitrogens with one attached hydrogen (secondary N) is 3. The zero-order valence-corrected chi connectivity index (χ0v) is 14.4. The third-order valence-corrected chi connectivity index (χ3v) is 3.15. The molecule has 0 aliphatic heterocycles. The molecule has 1 rings (SSSR count). The molecule has 7 nitrogen and oxygen atoms in total. The highest BCUT2D eigenvalue weighted by Gasteiger charge is 2.04. The molecule has 2 amide bonds. The molecule has 7 heteroatoms. The van der Waals surface area contributed by atoms with Crippen LogP contribution in [0.15, 0.2) is 24.3 Å². The summed E-state index contributed by atoms with van der Waals surface area (Å²) in [4.78, 5) is 23.1. The van der Waals surface area contributed by atoms with Crippen LogP contribution in [-0.4, -0.2) is 58.4 Å². The Morgan fingerprint density at radius 1 is 1.04 bits per heavy atom. The molecule has 0 aromatic heterocycles. The average molecular weight is 337 g/mol. The van der Waals surface area contributed by atoms with Gasteiger partial charge in [0.25, 0.3) is 0 Å². The fourth-order valence-electron chi connectivity index (χ4n) is 1.89. The molecule has 0 heterocycles. The van der Waals surface area contributed by atoms with Gasteiger partial charge in [0.05, 0.1) is 13.2 Å². The third kappa shape index (κ3) is 9.24. The number of amides is 2. The van der Waals surface area contributed by atoms with Crippen LogP contribution in [0.5, 0.6) is 0 Å². The predicted octanol–water partition coefficient (Wildman–Crippen LogP) is 0.556. The minimum absolute atomic E-state index is 0.0108. The van der Waals surface area contributed by atoms with E-state index in [4.69, 9.17) is 9.47 Å². The Morgan fingerprint density at radius 3 is 2.42 bits per heavy atom. The van der Waals surface area contributed by atoms with Crippen molar-refractivity contribution < 1.29 is 19.1 Å². The second-order valence-electron chi connectivity index (χ2n) is 5.16. The average Bonchev–Trinajstić information content (AvgIpc) is 2.58. The topological polar surface area (TPSA) is 88.7 Å². The SMILES string of the molecule is CCc1cccc(NC(=O)COCCOCC(=O)NCCNC)c1. The summed E-state index contributed by atoms with van der Waals surface area (Å²) in [5.74, 6) is -0.383. The Labute approximate surface area is 143 Å². The van der Waals surface area contributed by atoms with Crippen LogP contribution in [0.25, 0.3) is 0 Å². The van der Waals surface area contributed by atoms with Crippen molar-refractivity contribution in [2.45, 2.75) is 13.3 Å². The number of likely N-dealkylation sites (N-methyl/N-ethyl adjacent to an activating group) is 1. The van der Waals surface area contributed by atoms with Crippen LogP contribution in [0.1, 0.15) is 12.5 Å². The van der Waals surface area contributed by atoms with Gasteiger partial charge in [-0.05, 0) is 31.2 Å². The highest BCUT2D eigenvalue weighted by molar-refractivity contribution is 5.91. The first-order valence-electron chi connectivity index (χ1n) is 8.11. The lowest BCUT2D eigenvalue weighted by atomic mass is 10.1. The Hall–Kier alpha value is -1.96. The van der Waals surface area contributed by atoms with E-state index in [1.165, 1.54) is 0 Å². The zero-order chi connectivity index (χ0) is 17.6. The van der Waals surface area contributed by atoms with Crippen molar-refractivity contribution in [2.24, 2.45) is 0 Å². The van der Waals surface area contributed by atoms with Crippen LogP contribution in [0.3, 0.4) is 0 Å². The molecular weight excluding hydrogens is 310 g/mol. The molecule has 1 aromatic rings. The first-order chi connectivity index (χ1) is 11.7. The van der Waals surface area contributed by atoms with E-state index in [1.54, 1.807) is 0 Å². The molecule has 0 aliphatic rings. The first kappa shape index (κ1) is 20.1. The van der Waals surface area contributed by atoms with E-state index in [0.29, 0.717) is 13.1 Å². The summed E-state index contributed by atoms with van der Waals surface area (Å²) >= 11 is 0. The second kappa shape index (κ2) is 12.5. The lowest BCUT2D eigenvalue weighted by Crippen LogP contribution is -2.33. The smallest absolute Gasteiger partial charge is 0.250 e. The molecule has 134 valence electrons. The van der Waals surface area contributed by atoms with Gasteiger partial charge in [0.2, 0.25) is 11.8 Å². The van der Waals surface area contributed by atoms with Gasteiger partial charge in [0, 0.05) is 18.8 Å². The van der Waals surface area contributed by atoms with Crippen LogP contribution >= 0.6 is 0 Å². The Morgan fingerprint density at radius 2 is 1.75 bits per heavy atom. The molecule has 0 saturated heterocycles. The molecule has 0 spiro atoms. The molecule has 0 saturated carbocycles. The third-order valence-electron chi connectivity index (χ3n) is 3.15. The largest absolute Gasteiger partial charge is 0.369 e. The van der Waals surface area contributed by atoms with Gasteiger partial charge in [-0.15, -0.1) is 0 Å². The normalized spacial score (nSPS) is 10.4. The van der Waals surface area contributed by atoms with Crippen molar-refractivity contribution in [3.05, 3.63) is 29.8 Å². The van der Waals surface area contributed by atoms with Crippen molar-refractivity contribution >= 4 is 17.5 Å². The van der Waals surface area contributed by atoms with Crippen molar-refractivity contribution in [1.29, 1.82) is 0 Å². The van der Waals surface area contributed by atoms with Crippen LogP contribution in [0.4, 0.5) is 5.69 Å². The summed E-state index contributed by atoms with van der Waals surface area (Å²) in [5.41, 5.74) is 1.92. The molecule has 0 fully saturated rings. The Balaban J connectivity index is 2.06. The summed E-state index contributed by atoms with van der Waals surface area (Å²) < 4.78 is 10.4. The molecule has 0 aliphatic carbocycles. The summed E-state index contributed by atoms with van der Waals surface area (Å²) in [6, 6.07) is 7.70. The van der Waals surface area contributed by atoms with Crippen molar-refractivity contribution in [3.63, 3.8) is 0 Å². The maximum absolute atomic E-state index is 11.8. The van der Waals surface area contributed by atoms with Crippen LogP contribution in [0.2, 0.25) is 0 Å². The molecule has 0 unspecified atom stereocenters. The lowest BCUT2D eigenvalue weighted by molar-refractivity contribution is -0.127. The quantitative estimate of drug-likeness (QED) is 0.485. The highest BCUT2D eigenvalue weighted by Crippen LogP contribution is 2.10. The van der Waals surface area contributed by atoms with Crippen molar-refractivity contribution in [1.82, 2.24) is 10.6 Å². The van der Waals surface area contributed by atoms with Crippen LogP contribution < -0.4 is 16.0 Å². The van der Waals surface area contributed by atoms with Gasteiger partial charge in [0.15, 0.2) is 0 Å². The van der Waals surface area contributed by atoms with Gasteiger partial charge in [-0.1, -0.05) is 19.1 Å². The highest BCUT2D eigenvalue weighted by atomic mass is 16.5. The molecule has 24 heavy (non-hydrogen) atoms. The summed E-state index contributed by atoms with van der Waals surface area (Å²) in [7, 11) is 1.82. The molecule has 3 N–H and O–H groups in total. The van der Waals surface area contributed by atoms with E-state index in [-0.39, 0.29) is 38.2 Å². The van der Waals surface area contributed by atoms with E-state index in [9.17, 15) is 9.59 Å². The van der Waals surface area contributed by atoms with Crippen molar-refractivity contribution in [3.8, 4) is 0 Å². The number of aryl methyl sites for hydroxylation is 1. The zero-order valence-electron chi connectivity index (χ0n) is 14.4. The van der Waals surface area contributed by atoms with Gasteiger partial charge >= 0.3 is 0 Å². The second-order valence-corrected chi connectivity index (χ2v) is 5.16. The first-order valence-corrected chi connectivity index (χ1v) is 8.11. The Bertz CT molecular complexity index is 508. The van der Waals surface area contributed by atoms with Crippen molar-refractivity contribution in [2.75, 3.05) is 51.9 Å². The number of carbonyl (C=O) groups is 2.